The molecule has 0 bridgehead atoms. The van der Waals surface area contributed by atoms with Crippen molar-refractivity contribution < 1.29 is 4.74 Å². The van der Waals surface area contributed by atoms with Crippen LogP contribution in [0.25, 0.3) is 5.69 Å². The van der Waals surface area contributed by atoms with E-state index < -0.39 is 0 Å². The summed E-state index contributed by atoms with van der Waals surface area (Å²) in [6.45, 7) is 2.06. The molecular formula is C19H18N2O2S. The third-order valence-corrected chi connectivity index (χ3v) is 4.69. The fraction of sp³-hybridized carbons (Fsp3) is 0.158. The molecule has 0 saturated heterocycles. The molecule has 122 valence electrons. The summed E-state index contributed by atoms with van der Waals surface area (Å²) in [5, 5.41) is 0.494. The summed E-state index contributed by atoms with van der Waals surface area (Å²) in [5.74, 6) is 1.48. The maximum Gasteiger partial charge on any atom is 0.287 e. The molecule has 0 N–H and O–H groups in total. The van der Waals surface area contributed by atoms with E-state index in [0.717, 1.165) is 17.2 Å². The van der Waals surface area contributed by atoms with E-state index in [-0.39, 0.29) is 5.56 Å². The molecule has 24 heavy (non-hydrogen) atoms. The van der Waals surface area contributed by atoms with Gasteiger partial charge in [0.05, 0.1) is 7.11 Å². The van der Waals surface area contributed by atoms with Crippen LogP contribution in [0.3, 0.4) is 0 Å². The maximum atomic E-state index is 12.6. The van der Waals surface area contributed by atoms with E-state index in [1.165, 1.54) is 22.9 Å². The lowest BCUT2D eigenvalue weighted by atomic mass is 10.2. The molecule has 0 aliphatic rings. The van der Waals surface area contributed by atoms with Crippen LogP contribution in [0.15, 0.2) is 70.7 Å². The van der Waals surface area contributed by atoms with Crippen LogP contribution in [-0.4, -0.2) is 16.7 Å². The van der Waals surface area contributed by atoms with Crippen LogP contribution < -0.4 is 10.3 Å². The van der Waals surface area contributed by atoms with Crippen molar-refractivity contribution in [1.82, 2.24) is 9.55 Å². The van der Waals surface area contributed by atoms with Gasteiger partial charge in [-0.05, 0) is 36.8 Å². The molecule has 1 heterocycles. The molecule has 0 radical (unpaired) electrons. The number of nitrogens with zero attached hydrogens (tertiary/aromatic N) is 2. The number of ether oxygens (including phenoxy) is 1. The van der Waals surface area contributed by atoms with Gasteiger partial charge >= 0.3 is 0 Å². The van der Waals surface area contributed by atoms with Crippen molar-refractivity contribution in [3.8, 4) is 11.4 Å². The highest BCUT2D eigenvalue weighted by Crippen LogP contribution is 2.19. The Hall–Kier alpha value is -2.53. The molecule has 0 amide bonds. The molecule has 0 saturated carbocycles. The van der Waals surface area contributed by atoms with Gasteiger partial charge in [-0.3, -0.25) is 9.36 Å². The number of hydrogen-bond acceptors (Lipinski definition) is 4. The van der Waals surface area contributed by atoms with Crippen LogP contribution in [-0.2, 0) is 5.75 Å². The van der Waals surface area contributed by atoms with E-state index in [4.69, 9.17) is 4.74 Å². The standard InChI is InChI=1S/C19H18N2O2S/c1-14-3-5-15(6-4-14)13-24-18-19(22)21(12-11-20-18)16-7-9-17(23-2)10-8-16/h3-12H,13H2,1-2H3. The van der Waals surface area contributed by atoms with Crippen LogP contribution >= 0.6 is 11.8 Å². The van der Waals surface area contributed by atoms with Crippen molar-refractivity contribution >= 4 is 11.8 Å². The number of benzene rings is 2. The molecule has 0 aliphatic heterocycles. The molecule has 0 unspecified atom stereocenters. The lowest BCUT2D eigenvalue weighted by molar-refractivity contribution is 0.414. The summed E-state index contributed by atoms with van der Waals surface area (Å²) in [5.41, 5.74) is 3.08. The summed E-state index contributed by atoms with van der Waals surface area (Å²) >= 11 is 1.45. The topological polar surface area (TPSA) is 44.1 Å². The monoisotopic (exact) mass is 338 g/mol. The predicted molar refractivity (Wildman–Crippen MR) is 97.1 cm³/mol. The Morgan fingerprint density at radius 1 is 1.08 bits per heavy atom. The Balaban J connectivity index is 1.82. The lowest BCUT2D eigenvalue weighted by Crippen LogP contribution is -2.20. The molecule has 3 aromatic rings. The van der Waals surface area contributed by atoms with E-state index in [2.05, 4.69) is 36.2 Å². The van der Waals surface area contributed by atoms with Crippen molar-refractivity contribution in [2.24, 2.45) is 0 Å². The number of thioether (sulfide) groups is 1. The number of hydrogen-bond donors (Lipinski definition) is 0. The zero-order valence-electron chi connectivity index (χ0n) is 13.6. The molecule has 0 atom stereocenters. The quantitative estimate of drug-likeness (QED) is 0.663. The molecule has 5 heteroatoms. The van der Waals surface area contributed by atoms with Gasteiger partial charge in [-0.1, -0.05) is 41.6 Å². The average molecular weight is 338 g/mol. The van der Waals surface area contributed by atoms with Gasteiger partial charge in [0.25, 0.3) is 5.56 Å². The summed E-state index contributed by atoms with van der Waals surface area (Å²) < 4.78 is 6.75. The highest BCUT2D eigenvalue weighted by atomic mass is 32.2. The van der Waals surface area contributed by atoms with E-state index in [1.807, 2.05) is 24.3 Å². The van der Waals surface area contributed by atoms with Crippen molar-refractivity contribution in [2.45, 2.75) is 17.7 Å². The molecule has 0 aliphatic carbocycles. The van der Waals surface area contributed by atoms with Crippen LogP contribution in [0.5, 0.6) is 5.75 Å². The van der Waals surface area contributed by atoms with Gasteiger partial charge in [-0.25, -0.2) is 4.98 Å². The Morgan fingerprint density at radius 3 is 2.46 bits per heavy atom. The molecule has 0 spiro atoms. The summed E-state index contributed by atoms with van der Waals surface area (Å²) in [7, 11) is 1.62. The minimum Gasteiger partial charge on any atom is -0.497 e. The third-order valence-electron chi connectivity index (χ3n) is 3.66. The first kappa shape index (κ1) is 16.3. The third kappa shape index (κ3) is 3.68. The van der Waals surface area contributed by atoms with Crippen LogP contribution in [0, 0.1) is 6.92 Å². The largest absolute Gasteiger partial charge is 0.497 e. The Morgan fingerprint density at radius 2 is 1.79 bits per heavy atom. The molecule has 1 aromatic heterocycles. The average Bonchev–Trinajstić information content (AvgIpc) is 2.62. The van der Waals surface area contributed by atoms with Crippen LogP contribution in [0.4, 0.5) is 0 Å². The van der Waals surface area contributed by atoms with Crippen molar-refractivity contribution in [2.75, 3.05) is 7.11 Å². The second kappa shape index (κ2) is 7.36. The van der Waals surface area contributed by atoms with E-state index in [0.29, 0.717) is 5.03 Å². The smallest absolute Gasteiger partial charge is 0.287 e. The second-order valence-corrected chi connectivity index (χ2v) is 6.34. The van der Waals surface area contributed by atoms with E-state index in [9.17, 15) is 4.79 Å². The molecule has 4 nitrogen and oxygen atoms in total. The number of methoxy groups -OCH3 is 1. The Bertz CT molecular complexity index is 871. The fourth-order valence-electron chi connectivity index (χ4n) is 2.27. The van der Waals surface area contributed by atoms with Gasteiger partial charge in [0.15, 0.2) is 5.03 Å². The van der Waals surface area contributed by atoms with Crippen LogP contribution in [0.2, 0.25) is 0 Å². The number of aryl methyl sites for hydroxylation is 1. The maximum absolute atomic E-state index is 12.6. The highest BCUT2D eigenvalue weighted by Gasteiger charge is 2.08. The lowest BCUT2D eigenvalue weighted by Gasteiger charge is -2.08. The van der Waals surface area contributed by atoms with Gasteiger partial charge < -0.3 is 4.74 Å². The van der Waals surface area contributed by atoms with Gasteiger partial charge in [-0.15, -0.1) is 0 Å². The summed E-state index contributed by atoms with van der Waals surface area (Å²) in [6.07, 6.45) is 3.34. The normalized spacial score (nSPS) is 10.6. The Labute approximate surface area is 145 Å². The highest BCUT2D eigenvalue weighted by molar-refractivity contribution is 7.98. The van der Waals surface area contributed by atoms with Gasteiger partial charge in [0.2, 0.25) is 0 Å². The van der Waals surface area contributed by atoms with Gasteiger partial charge in [0, 0.05) is 23.8 Å². The predicted octanol–water partition coefficient (Wildman–Crippen LogP) is 3.84. The second-order valence-electron chi connectivity index (χ2n) is 5.38. The first-order valence-electron chi connectivity index (χ1n) is 7.58. The van der Waals surface area contributed by atoms with Gasteiger partial charge in [-0.2, -0.15) is 0 Å². The van der Waals surface area contributed by atoms with Crippen molar-refractivity contribution in [1.29, 1.82) is 0 Å². The molecule has 0 fully saturated rings. The van der Waals surface area contributed by atoms with E-state index in [1.54, 1.807) is 24.1 Å². The molecular weight excluding hydrogens is 320 g/mol. The minimum absolute atomic E-state index is 0.111. The minimum atomic E-state index is -0.111. The SMILES string of the molecule is COc1ccc(-n2ccnc(SCc3ccc(C)cc3)c2=O)cc1. The zero-order valence-corrected chi connectivity index (χ0v) is 14.4. The summed E-state index contributed by atoms with van der Waals surface area (Å²) in [4.78, 5) is 16.9. The first-order valence-corrected chi connectivity index (χ1v) is 8.56. The fourth-order valence-corrected chi connectivity index (χ4v) is 3.13. The Kier molecular flexibility index (Phi) is 5.01. The zero-order chi connectivity index (χ0) is 16.9. The van der Waals surface area contributed by atoms with Gasteiger partial charge in [0.1, 0.15) is 5.75 Å². The molecule has 2 aromatic carbocycles. The van der Waals surface area contributed by atoms with Crippen molar-refractivity contribution in [3.63, 3.8) is 0 Å². The van der Waals surface area contributed by atoms with Crippen LogP contribution in [0.1, 0.15) is 11.1 Å². The first-order chi connectivity index (χ1) is 11.7. The van der Waals surface area contributed by atoms with E-state index >= 15 is 0 Å². The van der Waals surface area contributed by atoms with Crippen molar-refractivity contribution in [3.05, 3.63) is 82.4 Å². The summed E-state index contributed by atoms with van der Waals surface area (Å²) in [6, 6.07) is 15.7. The number of aromatic nitrogens is 2. The number of rotatable bonds is 5. The molecule has 3 rings (SSSR count).